The van der Waals surface area contributed by atoms with Crippen LogP contribution in [-0.2, 0) is 6.42 Å². The van der Waals surface area contributed by atoms with Crippen molar-refractivity contribution in [3.63, 3.8) is 0 Å². The van der Waals surface area contributed by atoms with Crippen LogP contribution in [0, 0.1) is 0 Å². The molecule has 0 aliphatic carbocycles. The molecule has 1 heterocycles. The molecule has 1 unspecified atom stereocenters. The highest BCUT2D eigenvalue weighted by Gasteiger charge is 2.36. The maximum absolute atomic E-state index is 8.70. The Bertz CT molecular complexity index is 461. The topological polar surface area (TPSA) is 69.9 Å². The first kappa shape index (κ1) is 12.3. The van der Waals surface area contributed by atoms with Crippen molar-refractivity contribution in [3.8, 4) is 5.75 Å². The molecule has 0 saturated heterocycles. The predicted octanol–water partition coefficient (Wildman–Crippen LogP) is 3.07. The molecule has 0 spiro atoms. The van der Waals surface area contributed by atoms with Gasteiger partial charge in [0.25, 0.3) is 0 Å². The van der Waals surface area contributed by atoms with Gasteiger partial charge in [-0.25, -0.2) is 0 Å². The van der Waals surface area contributed by atoms with Crippen LogP contribution < -0.4 is 10.5 Å². The highest BCUT2D eigenvalue weighted by molar-refractivity contribution is 6.30. The molecular formula is C12H15ClN3O-. The minimum absolute atomic E-state index is 0.143. The second-order valence-corrected chi connectivity index (χ2v) is 5.24. The van der Waals surface area contributed by atoms with Crippen molar-refractivity contribution in [3.05, 3.63) is 33.8 Å². The zero-order valence-electron chi connectivity index (χ0n) is 9.90. The number of nitrogens with two attached hydrogens (primary N) is 1. The average molecular weight is 253 g/mol. The van der Waals surface area contributed by atoms with E-state index in [2.05, 4.69) is 5.11 Å². The van der Waals surface area contributed by atoms with Crippen molar-refractivity contribution >= 4 is 11.6 Å². The van der Waals surface area contributed by atoms with E-state index in [1.54, 1.807) is 0 Å². The molecule has 1 aliphatic rings. The van der Waals surface area contributed by atoms with Gasteiger partial charge in [-0.05, 0) is 26.0 Å². The smallest absolute Gasteiger partial charge is 0.128 e. The van der Waals surface area contributed by atoms with Crippen LogP contribution in [0.3, 0.4) is 0 Å². The highest BCUT2D eigenvalue weighted by Crippen LogP contribution is 2.41. The molecule has 4 nitrogen and oxygen atoms in total. The van der Waals surface area contributed by atoms with Gasteiger partial charge in [0.15, 0.2) is 0 Å². The van der Waals surface area contributed by atoms with E-state index in [-0.39, 0.29) is 12.6 Å². The van der Waals surface area contributed by atoms with Crippen LogP contribution in [0.25, 0.3) is 5.53 Å². The molecule has 0 bridgehead atoms. The van der Waals surface area contributed by atoms with Gasteiger partial charge in [0.2, 0.25) is 0 Å². The third kappa shape index (κ3) is 2.28. The third-order valence-corrected chi connectivity index (χ3v) is 3.19. The van der Waals surface area contributed by atoms with E-state index in [1.807, 2.05) is 26.0 Å². The van der Waals surface area contributed by atoms with E-state index in [1.165, 1.54) is 0 Å². The maximum atomic E-state index is 8.70. The van der Waals surface area contributed by atoms with Crippen LogP contribution >= 0.6 is 11.6 Å². The Labute approximate surface area is 106 Å². The van der Waals surface area contributed by atoms with Crippen molar-refractivity contribution in [1.82, 2.24) is 0 Å². The predicted molar refractivity (Wildman–Crippen MR) is 67.4 cm³/mol. The van der Waals surface area contributed by atoms with E-state index in [4.69, 9.17) is 27.6 Å². The second kappa shape index (κ2) is 4.27. The summed E-state index contributed by atoms with van der Waals surface area (Å²) in [6.45, 7) is 4.03. The minimum Gasteiger partial charge on any atom is -0.712 e. The number of halogens is 1. The van der Waals surface area contributed by atoms with Crippen molar-refractivity contribution < 1.29 is 4.74 Å². The van der Waals surface area contributed by atoms with Crippen molar-refractivity contribution in [2.75, 3.05) is 6.54 Å². The summed E-state index contributed by atoms with van der Waals surface area (Å²) in [5.74, 6) is 0.788. The normalized spacial score (nSPS) is 24.0. The van der Waals surface area contributed by atoms with Crippen LogP contribution in [0.1, 0.15) is 31.0 Å². The summed E-state index contributed by atoms with van der Waals surface area (Å²) >= 11 is 6.06. The third-order valence-electron chi connectivity index (χ3n) is 2.97. The molecule has 0 saturated carbocycles. The summed E-state index contributed by atoms with van der Waals surface area (Å²) in [7, 11) is 0. The van der Waals surface area contributed by atoms with E-state index in [0.29, 0.717) is 11.4 Å². The van der Waals surface area contributed by atoms with Gasteiger partial charge >= 0.3 is 0 Å². The van der Waals surface area contributed by atoms with E-state index in [9.17, 15) is 0 Å². The van der Waals surface area contributed by atoms with Crippen LogP contribution in [0.15, 0.2) is 17.2 Å². The van der Waals surface area contributed by atoms with Crippen molar-refractivity contribution in [2.24, 2.45) is 10.8 Å². The van der Waals surface area contributed by atoms with Crippen molar-refractivity contribution in [1.29, 1.82) is 0 Å². The molecule has 0 aromatic heterocycles. The summed E-state index contributed by atoms with van der Waals surface area (Å²) in [6, 6.07) is 3.56. The summed E-state index contributed by atoms with van der Waals surface area (Å²) in [5, 5.41) is 3.84. The van der Waals surface area contributed by atoms with Gasteiger partial charge < -0.3 is 21.1 Å². The lowest BCUT2D eigenvalue weighted by molar-refractivity contribution is 0.124. The zero-order valence-corrected chi connectivity index (χ0v) is 10.7. The number of nitrogens with zero attached hydrogens (tertiary/aromatic N) is 2. The van der Waals surface area contributed by atoms with Gasteiger partial charge in [-0.3, -0.25) is 0 Å². The zero-order chi connectivity index (χ0) is 12.6. The van der Waals surface area contributed by atoms with Gasteiger partial charge in [-0.2, -0.15) is 0 Å². The monoisotopic (exact) mass is 252 g/mol. The first-order valence-electron chi connectivity index (χ1n) is 5.53. The molecular weight excluding hydrogens is 238 g/mol. The average Bonchev–Trinajstić information content (AvgIpc) is 2.53. The summed E-state index contributed by atoms with van der Waals surface area (Å²) in [5.41, 5.74) is 16.0. The van der Waals surface area contributed by atoms with E-state index < -0.39 is 5.60 Å². The molecule has 2 N–H and O–H groups in total. The summed E-state index contributed by atoms with van der Waals surface area (Å²) in [4.78, 5) is 0. The van der Waals surface area contributed by atoms with Gasteiger partial charge in [0.05, 0.1) is 6.54 Å². The fraction of sp³-hybridized carbons (Fsp3) is 0.500. The maximum Gasteiger partial charge on any atom is 0.128 e. The van der Waals surface area contributed by atoms with Crippen LogP contribution in [0.4, 0.5) is 0 Å². The fourth-order valence-electron chi connectivity index (χ4n) is 2.19. The Morgan fingerprint density at radius 2 is 2.35 bits per heavy atom. The summed E-state index contributed by atoms with van der Waals surface area (Å²) in [6.07, 6.45) is 0.673. The second-order valence-electron chi connectivity index (χ2n) is 4.80. The number of hydrogen-bond acceptors (Lipinski definition) is 3. The SMILES string of the molecule is C[C@@H](N)c1cc(Cl)cc2c1OC(C)(CN=[N-])C2. The first-order chi connectivity index (χ1) is 7.95. The van der Waals surface area contributed by atoms with E-state index in [0.717, 1.165) is 16.9 Å². The molecule has 0 fully saturated rings. The minimum atomic E-state index is -0.509. The number of benzene rings is 1. The number of hydrogen-bond donors (Lipinski definition) is 1. The number of rotatable bonds is 3. The molecule has 2 atom stereocenters. The van der Waals surface area contributed by atoms with E-state index >= 15 is 0 Å². The summed E-state index contributed by atoms with van der Waals surface area (Å²) < 4.78 is 5.89. The Kier molecular flexibility index (Phi) is 3.10. The van der Waals surface area contributed by atoms with Crippen molar-refractivity contribution in [2.45, 2.75) is 31.9 Å². The van der Waals surface area contributed by atoms with Gasteiger partial charge in [0, 0.05) is 28.6 Å². The van der Waals surface area contributed by atoms with Gasteiger partial charge in [-0.1, -0.05) is 11.6 Å². The number of fused-ring (bicyclic) bond motifs is 1. The quantitative estimate of drug-likeness (QED) is 0.840. The molecule has 2 rings (SSSR count). The molecule has 1 aromatic rings. The molecule has 1 aromatic carbocycles. The number of ether oxygens (including phenoxy) is 1. The lowest BCUT2D eigenvalue weighted by Crippen LogP contribution is -2.33. The van der Waals surface area contributed by atoms with Crippen LogP contribution in [0.5, 0.6) is 5.75 Å². The Hall–Kier alpha value is -1.13. The molecule has 0 radical (unpaired) electrons. The van der Waals surface area contributed by atoms with Gasteiger partial charge in [-0.15, -0.1) is 0 Å². The van der Waals surface area contributed by atoms with Crippen LogP contribution in [-0.4, -0.2) is 12.1 Å². The first-order valence-corrected chi connectivity index (χ1v) is 5.91. The fourth-order valence-corrected chi connectivity index (χ4v) is 2.44. The standard InChI is InChI=1S/C12H15ClN3O/c1-7(14)10-4-9(13)3-8-5-12(2,6-16-15)17-11(8)10/h3-4,7H,5-6,14H2,1-2H3/q-1/t7-,12?/m1/s1. The molecule has 17 heavy (non-hydrogen) atoms. The highest BCUT2D eigenvalue weighted by atomic mass is 35.5. The molecule has 5 heteroatoms. The Morgan fingerprint density at radius 1 is 1.65 bits per heavy atom. The largest absolute Gasteiger partial charge is 0.712 e. The lowest BCUT2D eigenvalue weighted by atomic mass is 9.97. The Balaban J connectivity index is 2.43. The van der Waals surface area contributed by atoms with Crippen LogP contribution in [0.2, 0.25) is 5.02 Å². The Morgan fingerprint density at radius 3 is 2.94 bits per heavy atom. The van der Waals surface area contributed by atoms with Gasteiger partial charge in [0.1, 0.15) is 11.4 Å². The molecule has 92 valence electrons. The molecule has 0 amide bonds. The lowest BCUT2D eigenvalue weighted by Gasteiger charge is -2.23. The molecule has 1 aliphatic heterocycles.